The number of hydrogen-bond donors (Lipinski definition) is 0. The summed E-state index contributed by atoms with van der Waals surface area (Å²) < 4.78 is 5.65. The zero-order valence-corrected chi connectivity index (χ0v) is 9.05. The van der Waals surface area contributed by atoms with Gasteiger partial charge in [0.15, 0.2) is 0 Å². The van der Waals surface area contributed by atoms with E-state index in [1.807, 2.05) is 6.08 Å². The van der Waals surface area contributed by atoms with Crippen LogP contribution >= 0.6 is 0 Å². The molecular formula is C13H18O. The van der Waals surface area contributed by atoms with Gasteiger partial charge in [-0.25, -0.2) is 0 Å². The molecular weight excluding hydrogens is 172 g/mol. The summed E-state index contributed by atoms with van der Waals surface area (Å²) in [5, 5.41) is 0. The third-order valence-electron chi connectivity index (χ3n) is 2.18. The first-order chi connectivity index (χ1) is 6.77. The molecule has 0 bridgehead atoms. The molecule has 0 saturated heterocycles. The molecule has 76 valence electrons. The van der Waals surface area contributed by atoms with Crippen LogP contribution in [0.3, 0.4) is 0 Å². The van der Waals surface area contributed by atoms with Crippen molar-refractivity contribution in [2.24, 2.45) is 0 Å². The minimum atomic E-state index is 0.722. The summed E-state index contributed by atoms with van der Waals surface area (Å²) in [7, 11) is 0. The van der Waals surface area contributed by atoms with Gasteiger partial charge in [-0.2, -0.15) is 0 Å². The van der Waals surface area contributed by atoms with Crippen LogP contribution in [0.2, 0.25) is 0 Å². The van der Waals surface area contributed by atoms with Crippen molar-refractivity contribution in [3.05, 3.63) is 42.0 Å². The molecule has 1 aromatic rings. The molecule has 0 fully saturated rings. The zero-order valence-electron chi connectivity index (χ0n) is 9.05. The van der Waals surface area contributed by atoms with Crippen LogP contribution in [0, 0.1) is 6.92 Å². The SMILES string of the molecule is C=CCCOc1ccc(C)cc1CC. The Balaban J connectivity index is 2.69. The molecule has 0 N–H and O–H groups in total. The number of aryl methyl sites for hydroxylation is 2. The molecule has 0 aliphatic carbocycles. The fourth-order valence-corrected chi connectivity index (χ4v) is 1.38. The number of ether oxygens (including phenoxy) is 1. The predicted octanol–water partition coefficient (Wildman–Crippen LogP) is 3.51. The van der Waals surface area contributed by atoms with E-state index in [9.17, 15) is 0 Å². The highest BCUT2D eigenvalue weighted by Gasteiger charge is 2.00. The van der Waals surface area contributed by atoms with Gasteiger partial charge in [0.1, 0.15) is 5.75 Å². The van der Waals surface area contributed by atoms with Crippen LogP contribution in [0.4, 0.5) is 0 Å². The highest BCUT2D eigenvalue weighted by Crippen LogP contribution is 2.20. The Labute approximate surface area is 86.4 Å². The highest BCUT2D eigenvalue weighted by atomic mass is 16.5. The lowest BCUT2D eigenvalue weighted by atomic mass is 10.1. The van der Waals surface area contributed by atoms with Gasteiger partial charge in [0.25, 0.3) is 0 Å². The normalized spacial score (nSPS) is 9.86. The molecule has 0 heterocycles. The lowest BCUT2D eigenvalue weighted by molar-refractivity contribution is 0.322. The summed E-state index contributed by atoms with van der Waals surface area (Å²) in [5.74, 6) is 1.01. The maximum absolute atomic E-state index is 5.65. The number of rotatable bonds is 5. The van der Waals surface area contributed by atoms with Gasteiger partial charge in [0.2, 0.25) is 0 Å². The van der Waals surface area contributed by atoms with E-state index < -0.39 is 0 Å². The van der Waals surface area contributed by atoms with Gasteiger partial charge in [0.05, 0.1) is 6.61 Å². The van der Waals surface area contributed by atoms with Crippen molar-refractivity contribution >= 4 is 0 Å². The van der Waals surface area contributed by atoms with E-state index in [0.717, 1.165) is 25.2 Å². The quantitative estimate of drug-likeness (QED) is 0.510. The molecule has 0 aromatic heterocycles. The molecule has 0 aliphatic heterocycles. The number of hydrogen-bond acceptors (Lipinski definition) is 1. The maximum Gasteiger partial charge on any atom is 0.122 e. The van der Waals surface area contributed by atoms with E-state index in [-0.39, 0.29) is 0 Å². The fourth-order valence-electron chi connectivity index (χ4n) is 1.38. The largest absolute Gasteiger partial charge is 0.493 e. The van der Waals surface area contributed by atoms with Gasteiger partial charge in [-0.1, -0.05) is 30.7 Å². The molecule has 0 spiro atoms. The van der Waals surface area contributed by atoms with Crippen LogP contribution in [0.5, 0.6) is 5.75 Å². The van der Waals surface area contributed by atoms with Crippen molar-refractivity contribution in [2.75, 3.05) is 6.61 Å². The molecule has 0 aliphatic rings. The summed E-state index contributed by atoms with van der Waals surface area (Å²) in [6.45, 7) is 8.64. The summed E-state index contributed by atoms with van der Waals surface area (Å²) in [4.78, 5) is 0. The topological polar surface area (TPSA) is 9.23 Å². The Hall–Kier alpha value is -1.24. The molecule has 1 rings (SSSR count). The molecule has 0 radical (unpaired) electrons. The van der Waals surface area contributed by atoms with Gasteiger partial charge in [-0.05, 0) is 31.4 Å². The van der Waals surface area contributed by atoms with Gasteiger partial charge in [-0.15, -0.1) is 6.58 Å². The van der Waals surface area contributed by atoms with Crippen LogP contribution in [0.1, 0.15) is 24.5 Å². The molecule has 14 heavy (non-hydrogen) atoms. The van der Waals surface area contributed by atoms with Crippen molar-refractivity contribution in [3.63, 3.8) is 0 Å². The average molecular weight is 190 g/mol. The van der Waals surface area contributed by atoms with Gasteiger partial charge >= 0.3 is 0 Å². The van der Waals surface area contributed by atoms with Crippen LogP contribution in [-0.4, -0.2) is 6.61 Å². The second kappa shape index (κ2) is 5.48. The summed E-state index contributed by atoms with van der Waals surface area (Å²) in [6, 6.07) is 6.32. The number of benzene rings is 1. The van der Waals surface area contributed by atoms with Gasteiger partial charge < -0.3 is 4.74 Å². The summed E-state index contributed by atoms with van der Waals surface area (Å²) in [6.07, 6.45) is 3.79. The van der Waals surface area contributed by atoms with Gasteiger partial charge in [-0.3, -0.25) is 0 Å². The van der Waals surface area contributed by atoms with Crippen molar-refractivity contribution in [1.82, 2.24) is 0 Å². The summed E-state index contributed by atoms with van der Waals surface area (Å²) >= 11 is 0. The minimum Gasteiger partial charge on any atom is -0.493 e. The van der Waals surface area contributed by atoms with Crippen LogP contribution in [-0.2, 0) is 6.42 Å². The minimum absolute atomic E-state index is 0.722. The van der Waals surface area contributed by atoms with Crippen LogP contribution < -0.4 is 4.74 Å². The van der Waals surface area contributed by atoms with E-state index in [1.54, 1.807) is 0 Å². The van der Waals surface area contributed by atoms with Crippen molar-refractivity contribution in [2.45, 2.75) is 26.7 Å². The standard InChI is InChI=1S/C13H18O/c1-4-6-9-14-13-8-7-11(3)10-12(13)5-2/h4,7-8,10H,1,5-6,9H2,2-3H3. The van der Waals surface area contributed by atoms with E-state index in [1.165, 1.54) is 11.1 Å². The van der Waals surface area contributed by atoms with E-state index in [2.05, 4.69) is 38.6 Å². The molecule has 0 unspecified atom stereocenters. The fraction of sp³-hybridized carbons (Fsp3) is 0.385. The van der Waals surface area contributed by atoms with Crippen LogP contribution in [0.25, 0.3) is 0 Å². The first-order valence-electron chi connectivity index (χ1n) is 5.11. The van der Waals surface area contributed by atoms with E-state index >= 15 is 0 Å². The smallest absolute Gasteiger partial charge is 0.122 e. The molecule has 1 heteroatoms. The molecule has 1 nitrogen and oxygen atoms in total. The maximum atomic E-state index is 5.65. The molecule has 1 aromatic carbocycles. The molecule has 0 amide bonds. The highest BCUT2D eigenvalue weighted by molar-refractivity contribution is 5.36. The Kier molecular flexibility index (Phi) is 4.24. The molecule has 0 saturated carbocycles. The summed E-state index contributed by atoms with van der Waals surface area (Å²) in [5.41, 5.74) is 2.58. The van der Waals surface area contributed by atoms with Crippen molar-refractivity contribution in [3.8, 4) is 5.75 Å². The second-order valence-electron chi connectivity index (χ2n) is 3.39. The van der Waals surface area contributed by atoms with E-state index in [0.29, 0.717) is 0 Å². The Morgan fingerprint density at radius 3 is 2.86 bits per heavy atom. The Morgan fingerprint density at radius 2 is 2.21 bits per heavy atom. The second-order valence-corrected chi connectivity index (χ2v) is 3.39. The molecule has 0 atom stereocenters. The van der Waals surface area contributed by atoms with Crippen LogP contribution in [0.15, 0.2) is 30.9 Å². The predicted molar refractivity (Wildman–Crippen MR) is 60.9 cm³/mol. The Morgan fingerprint density at radius 1 is 1.43 bits per heavy atom. The van der Waals surface area contributed by atoms with Crippen molar-refractivity contribution < 1.29 is 4.74 Å². The van der Waals surface area contributed by atoms with Crippen molar-refractivity contribution in [1.29, 1.82) is 0 Å². The Bertz CT molecular complexity index is 302. The lowest BCUT2D eigenvalue weighted by Crippen LogP contribution is -1.98. The average Bonchev–Trinajstić information content (AvgIpc) is 2.20. The monoisotopic (exact) mass is 190 g/mol. The van der Waals surface area contributed by atoms with Gasteiger partial charge in [0, 0.05) is 0 Å². The first-order valence-corrected chi connectivity index (χ1v) is 5.11. The third-order valence-corrected chi connectivity index (χ3v) is 2.18. The third kappa shape index (κ3) is 2.91. The zero-order chi connectivity index (χ0) is 10.4. The van der Waals surface area contributed by atoms with E-state index in [4.69, 9.17) is 4.74 Å². The first kappa shape index (κ1) is 10.8. The lowest BCUT2D eigenvalue weighted by Gasteiger charge is -2.10.